The fourth-order valence-corrected chi connectivity index (χ4v) is 6.16. The van der Waals surface area contributed by atoms with Crippen molar-refractivity contribution < 1.29 is 14.3 Å². The molecule has 1 aliphatic rings. The quantitative estimate of drug-likeness (QED) is 0.336. The largest absolute Gasteiger partial charge is 0.466 e. The third-order valence-corrected chi connectivity index (χ3v) is 8.16. The van der Waals surface area contributed by atoms with Gasteiger partial charge in [-0.15, -0.1) is 11.3 Å². The highest BCUT2D eigenvalue weighted by atomic mass is 32.1. The van der Waals surface area contributed by atoms with Crippen LogP contribution in [0.25, 0.3) is 21.9 Å². The minimum atomic E-state index is -0.309. The molecule has 0 N–H and O–H groups in total. The smallest absolute Gasteiger partial charge is 0.310 e. The van der Waals surface area contributed by atoms with Gasteiger partial charge >= 0.3 is 5.97 Å². The fraction of sp³-hybridized carbons (Fsp3) is 0.414. The number of carbonyl (C=O) groups excluding carboxylic acids is 2. The van der Waals surface area contributed by atoms with Gasteiger partial charge in [-0.1, -0.05) is 12.1 Å². The van der Waals surface area contributed by atoms with Crippen LogP contribution in [0.2, 0.25) is 0 Å². The standard InChI is InChI=1S/C29H33N5O4S/c1-6-38-28(37)21-8-7-11-32(15-21)25(35)14-22-16-39-29-30-20(5)26(27(36)33(22)29)23-13-19(4)34(31-23)24-12-17(2)9-10-18(24)3/h9-10,12-13,16,21H,6-8,11,14-15H2,1-5H3/t21-/m1/s1. The van der Waals surface area contributed by atoms with Gasteiger partial charge in [-0.2, -0.15) is 5.10 Å². The number of fused-ring (bicyclic) bond motifs is 1. The maximum atomic E-state index is 13.9. The van der Waals surface area contributed by atoms with Crippen LogP contribution in [0, 0.1) is 33.6 Å². The summed E-state index contributed by atoms with van der Waals surface area (Å²) in [6, 6.07) is 8.11. The van der Waals surface area contributed by atoms with Crippen LogP contribution in [0.15, 0.2) is 34.4 Å². The van der Waals surface area contributed by atoms with Gasteiger partial charge in [0.15, 0.2) is 4.96 Å². The Balaban J connectivity index is 1.47. The van der Waals surface area contributed by atoms with Crippen LogP contribution >= 0.6 is 11.3 Å². The maximum absolute atomic E-state index is 13.9. The molecule has 4 aromatic rings. The molecule has 0 saturated carbocycles. The number of aryl methyl sites for hydroxylation is 4. The molecule has 1 amide bonds. The molecule has 1 aromatic carbocycles. The monoisotopic (exact) mass is 547 g/mol. The number of nitrogens with zero attached hydrogens (tertiary/aromatic N) is 5. The van der Waals surface area contributed by atoms with Crippen molar-refractivity contribution in [3.8, 4) is 16.9 Å². The number of rotatable bonds is 6. The van der Waals surface area contributed by atoms with Gasteiger partial charge in [0, 0.05) is 29.9 Å². The summed E-state index contributed by atoms with van der Waals surface area (Å²) in [5.74, 6) is -0.684. The van der Waals surface area contributed by atoms with E-state index in [0.29, 0.717) is 53.7 Å². The zero-order valence-corrected chi connectivity index (χ0v) is 23.8. The van der Waals surface area contributed by atoms with Gasteiger partial charge in [0.25, 0.3) is 5.56 Å². The lowest BCUT2D eigenvalue weighted by atomic mass is 9.98. The first-order valence-corrected chi connectivity index (χ1v) is 14.1. The highest BCUT2D eigenvalue weighted by Crippen LogP contribution is 2.26. The summed E-state index contributed by atoms with van der Waals surface area (Å²) in [5.41, 5.74) is 6.00. The average molecular weight is 548 g/mol. The molecule has 204 valence electrons. The van der Waals surface area contributed by atoms with Crippen molar-refractivity contribution in [2.75, 3.05) is 19.7 Å². The van der Waals surface area contributed by atoms with Gasteiger partial charge < -0.3 is 9.64 Å². The van der Waals surface area contributed by atoms with Gasteiger partial charge in [0.1, 0.15) is 5.69 Å². The Bertz CT molecular complexity index is 1630. The third-order valence-electron chi connectivity index (χ3n) is 7.28. The van der Waals surface area contributed by atoms with E-state index in [4.69, 9.17) is 14.8 Å². The number of benzene rings is 1. The summed E-state index contributed by atoms with van der Waals surface area (Å²) >= 11 is 1.34. The molecule has 3 aromatic heterocycles. The van der Waals surface area contributed by atoms with Crippen molar-refractivity contribution in [2.45, 2.75) is 53.9 Å². The highest BCUT2D eigenvalue weighted by Gasteiger charge is 2.30. The number of aromatic nitrogens is 4. The zero-order valence-electron chi connectivity index (χ0n) is 23.0. The van der Waals surface area contributed by atoms with Crippen LogP contribution in [0.5, 0.6) is 0 Å². The van der Waals surface area contributed by atoms with Crippen LogP contribution in [0.1, 0.15) is 48.0 Å². The van der Waals surface area contributed by atoms with E-state index in [0.717, 1.165) is 28.9 Å². The summed E-state index contributed by atoms with van der Waals surface area (Å²) in [5, 5.41) is 6.63. The van der Waals surface area contributed by atoms with E-state index in [1.165, 1.54) is 15.7 Å². The Morgan fingerprint density at radius 1 is 1.15 bits per heavy atom. The lowest BCUT2D eigenvalue weighted by molar-refractivity contribution is -0.151. The lowest BCUT2D eigenvalue weighted by Crippen LogP contribution is -2.43. The summed E-state index contributed by atoms with van der Waals surface area (Å²) in [4.78, 5) is 46.3. The maximum Gasteiger partial charge on any atom is 0.310 e. The van der Waals surface area contributed by atoms with Crippen LogP contribution < -0.4 is 5.56 Å². The Kier molecular flexibility index (Phi) is 7.40. The topological polar surface area (TPSA) is 98.8 Å². The molecular formula is C29H33N5O4S. The highest BCUT2D eigenvalue weighted by molar-refractivity contribution is 7.15. The number of likely N-dealkylation sites (tertiary alicyclic amines) is 1. The van der Waals surface area contributed by atoms with Gasteiger partial charge in [-0.3, -0.25) is 18.8 Å². The van der Waals surface area contributed by atoms with Crippen LogP contribution in [0.4, 0.5) is 0 Å². The van der Waals surface area contributed by atoms with Crippen LogP contribution in [-0.4, -0.2) is 55.6 Å². The molecule has 9 nitrogen and oxygen atoms in total. The predicted octanol–water partition coefficient (Wildman–Crippen LogP) is 4.19. The SMILES string of the molecule is CCOC(=O)[C@@H]1CCCN(C(=O)Cc2csc3nc(C)c(-c4cc(C)n(-c5cc(C)ccc5C)n4)c(=O)n23)C1. The Labute approximate surface area is 231 Å². The van der Waals surface area contributed by atoms with Crippen molar-refractivity contribution in [3.05, 3.63) is 68.2 Å². The number of piperidine rings is 1. The fourth-order valence-electron chi connectivity index (χ4n) is 5.24. The summed E-state index contributed by atoms with van der Waals surface area (Å²) in [6.07, 6.45) is 1.51. The average Bonchev–Trinajstić information content (AvgIpc) is 3.48. The second kappa shape index (κ2) is 10.8. The van der Waals surface area contributed by atoms with E-state index < -0.39 is 0 Å². The van der Waals surface area contributed by atoms with E-state index in [9.17, 15) is 14.4 Å². The van der Waals surface area contributed by atoms with Crippen molar-refractivity contribution >= 4 is 28.2 Å². The second-order valence-corrected chi connectivity index (χ2v) is 11.0. The third kappa shape index (κ3) is 5.13. The van der Waals surface area contributed by atoms with E-state index in [1.54, 1.807) is 11.8 Å². The van der Waals surface area contributed by atoms with Gasteiger partial charge in [0.2, 0.25) is 5.91 Å². The molecule has 0 radical (unpaired) electrons. The molecule has 39 heavy (non-hydrogen) atoms. The second-order valence-electron chi connectivity index (χ2n) is 10.2. The summed E-state index contributed by atoms with van der Waals surface area (Å²) in [6.45, 7) is 10.9. The van der Waals surface area contributed by atoms with Gasteiger partial charge in [-0.05, 0) is 70.7 Å². The van der Waals surface area contributed by atoms with Crippen molar-refractivity contribution in [1.82, 2.24) is 24.1 Å². The molecule has 0 unspecified atom stereocenters. The van der Waals surface area contributed by atoms with Crippen LogP contribution in [0.3, 0.4) is 0 Å². The minimum absolute atomic E-state index is 0.0512. The van der Waals surface area contributed by atoms with Crippen LogP contribution in [-0.2, 0) is 20.7 Å². The lowest BCUT2D eigenvalue weighted by Gasteiger charge is -2.31. The minimum Gasteiger partial charge on any atom is -0.466 e. The molecule has 0 spiro atoms. The Hall–Kier alpha value is -3.79. The van der Waals surface area contributed by atoms with E-state index in [-0.39, 0.29) is 29.8 Å². The predicted molar refractivity (Wildman–Crippen MR) is 150 cm³/mol. The first-order chi connectivity index (χ1) is 18.7. The number of amides is 1. The first kappa shape index (κ1) is 26.8. The number of ether oxygens (including phenoxy) is 1. The first-order valence-electron chi connectivity index (χ1n) is 13.3. The molecule has 1 aliphatic heterocycles. The molecule has 4 heterocycles. The van der Waals surface area contributed by atoms with Crippen molar-refractivity contribution in [1.29, 1.82) is 0 Å². The zero-order chi connectivity index (χ0) is 27.8. The normalized spacial score (nSPS) is 15.6. The molecular weight excluding hydrogens is 514 g/mol. The molecule has 0 bridgehead atoms. The van der Waals surface area contributed by atoms with Crippen molar-refractivity contribution in [2.24, 2.45) is 5.92 Å². The summed E-state index contributed by atoms with van der Waals surface area (Å²) in [7, 11) is 0. The number of thiazole rings is 1. The molecule has 10 heteroatoms. The molecule has 1 fully saturated rings. The van der Waals surface area contributed by atoms with Gasteiger partial charge in [-0.25, -0.2) is 9.67 Å². The van der Waals surface area contributed by atoms with Gasteiger partial charge in [0.05, 0.1) is 35.9 Å². The van der Waals surface area contributed by atoms with E-state index in [2.05, 4.69) is 18.2 Å². The number of esters is 1. The number of carbonyl (C=O) groups is 2. The summed E-state index contributed by atoms with van der Waals surface area (Å²) < 4.78 is 8.56. The van der Waals surface area contributed by atoms with Crippen molar-refractivity contribution in [3.63, 3.8) is 0 Å². The number of hydrogen-bond acceptors (Lipinski definition) is 7. The van der Waals surface area contributed by atoms with E-state index >= 15 is 0 Å². The molecule has 0 aliphatic carbocycles. The number of hydrogen-bond donors (Lipinski definition) is 0. The molecule has 5 rings (SSSR count). The van der Waals surface area contributed by atoms with E-state index in [1.807, 2.05) is 43.8 Å². The Morgan fingerprint density at radius 3 is 2.72 bits per heavy atom. The molecule has 1 saturated heterocycles. The molecule has 1 atom stereocenters. The Morgan fingerprint density at radius 2 is 1.95 bits per heavy atom.